The van der Waals surface area contributed by atoms with E-state index < -0.39 is 0 Å². The average molecular weight is 132 g/mol. The van der Waals surface area contributed by atoms with Crippen LogP contribution in [-0.2, 0) is 4.79 Å². The van der Waals surface area contributed by atoms with Gasteiger partial charge in [-0.1, -0.05) is 6.92 Å². The number of amides is 1. The molecule has 0 saturated heterocycles. The third-order valence-corrected chi connectivity index (χ3v) is 0.964. The Morgan fingerprint density at radius 3 is 2.67 bits per heavy atom. The maximum Gasteiger partial charge on any atom is 0.236 e. The van der Waals surface area contributed by atoms with Crippen LogP contribution in [0.15, 0.2) is 0 Å². The topological polar surface area (TPSA) is 66.6 Å². The Morgan fingerprint density at radius 2 is 2.33 bits per heavy atom. The van der Waals surface area contributed by atoms with Crippen molar-refractivity contribution in [3.05, 3.63) is 0 Å². The van der Waals surface area contributed by atoms with Crippen molar-refractivity contribution >= 4 is 5.91 Å². The van der Waals surface area contributed by atoms with Crippen LogP contribution in [0, 0.1) is 0 Å². The third-order valence-electron chi connectivity index (χ3n) is 0.964. The first kappa shape index (κ1) is 8.39. The van der Waals surface area contributed by atoms with Gasteiger partial charge >= 0.3 is 0 Å². The van der Waals surface area contributed by atoms with E-state index >= 15 is 0 Å². The maximum atomic E-state index is 10.6. The summed E-state index contributed by atoms with van der Waals surface area (Å²) in [7, 11) is 0. The molecule has 0 unspecified atom stereocenters. The highest BCUT2D eigenvalue weighted by atomic mass is 16.3. The predicted octanol–water partition coefficient (Wildman–Crippen LogP) is -0.909. The minimum Gasteiger partial charge on any atom is -0.394 e. The van der Waals surface area contributed by atoms with Crippen LogP contribution in [0.25, 0.3) is 0 Å². The second-order valence-electron chi connectivity index (χ2n) is 1.66. The Balaban J connectivity index is 3.45. The number of hydrazine groups is 1. The quantitative estimate of drug-likeness (QED) is 0.297. The normalized spacial score (nSPS) is 9.22. The van der Waals surface area contributed by atoms with Crippen molar-refractivity contribution in [3.63, 3.8) is 0 Å². The monoisotopic (exact) mass is 132 g/mol. The van der Waals surface area contributed by atoms with Crippen LogP contribution in [-0.4, -0.2) is 29.2 Å². The summed E-state index contributed by atoms with van der Waals surface area (Å²) in [6.45, 7) is 1.86. The summed E-state index contributed by atoms with van der Waals surface area (Å²) < 4.78 is 0. The molecule has 0 radical (unpaired) electrons. The van der Waals surface area contributed by atoms with Gasteiger partial charge in [-0.25, -0.2) is 5.84 Å². The molecule has 0 aromatic rings. The molecular formula is C5H12N2O2. The molecule has 0 aliphatic heterocycles. The van der Waals surface area contributed by atoms with Crippen LogP contribution < -0.4 is 5.84 Å². The number of aliphatic hydroxyl groups excluding tert-OH is 1. The Morgan fingerprint density at radius 1 is 1.78 bits per heavy atom. The second-order valence-corrected chi connectivity index (χ2v) is 1.66. The van der Waals surface area contributed by atoms with Crippen molar-refractivity contribution in [2.75, 3.05) is 13.2 Å². The lowest BCUT2D eigenvalue weighted by molar-refractivity contribution is -0.131. The molecule has 0 fully saturated rings. The van der Waals surface area contributed by atoms with E-state index in [-0.39, 0.29) is 19.1 Å². The van der Waals surface area contributed by atoms with Crippen molar-refractivity contribution in [2.45, 2.75) is 13.3 Å². The number of hydrogen-bond donors (Lipinski definition) is 2. The minimum absolute atomic E-state index is 0.0811. The summed E-state index contributed by atoms with van der Waals surface area (Å²) in [6.07, 6.45) is 0.385. The highest BCUT2D eigenvalue weighted by Gasteiger charge is 2.03. The zero-order chi connectivity index (χ0) is 7.28. The van der Waals surface area contributed by atoms with Crippen LogP contribution >= 0.6 is 0 Å². The van der Waals surface area contributed by atoms with Crippen LogP contribution in [0.3, 0.4) is 0 Å². The summed E-state index contributed by atoms with van der Waals surface area (Å²) in [5.74, 6) is 5.01. The fourth-order valence-electron chi connectivity index (χ4n) is 0.436. The van der Waals surface area contributed by atoms with Crippen LogP contribution in [0.2, 0.25) is 0 Å². The number of carbonyl (C=O) groups is 1. The van der Waals surface area contributed by atoms with Gasteiger partial charge in [0.05, 0.1) is 13.2 Å². The van der Waals surface area contributed by atoms with Gasteiger partial charge in [0.2, 0.25) is 5.91 Å². The first-order valence-electron chi connectivity index (χ1n) is 2.88. The van der Waals surface area contributed by atoms with E-state index in [1.165, 1.54) is 0 Å². The lowest BCUT2D eigenvalue weighted by atomic mass is 10.4. The standard InChI is InChI=1S/C5H12N2O2/c1-2-5(9)7(6)3-4-8/h8H,2-4,6H2,1H3. The summed E-state index contributed by atoms with van der Waals surface area (Å²) >= 11 is 0. The molecule has 0 aliphatic carbocycles. The van der Waals surface area contributed by atoms with Crippen molar-refractivity contribution in [2.24, 2.45) is 5.84 Å². The molecule has 0 saturated carbocycles. The lowest BCUT2D eigenvalue weighted by Crippen LogP contribution is -2.38. The number of rotatable bonds is 3. The average Bonchev–Trinajstić information content (AvgIpc) is 1.87. The molecular weight excluding hydrogens is 120 g/mol. The van der Waals surface area contributed by atoms with Crippen molar-refractivity contribution in [1.82, 2.24) is 5.01 Å². The summed E-state index contributed by atoms with van der Waals surface area (Å²) in [5, 5.41) is 9.32. The highest BCUT2D eigenvalue weighted by molar-refractivity contribution is 5.75. The number of hydrogen-bond acceptors (Lipinski definition) is 3. The number of aliphatic hydroxyl groups is 1. The van der Waals surface area contributed by atoms with Crippen molar-refractivity contribution < 1.29 is 9.90 Å². The van der Waals surface area contributed by atoms with Gasteiger partial charge in [0.25, 0.3) is 0 Å². The number of nitrogens with zero attached hydrogens (tertiary/aromatic N) is 1. The molecule has 4 heteroatoms. The van der Waals surface area contributed by atoms with Crippen molar-refractivity contribution in [3.8, 4) is 0 Å². The molecule has 0 rings (SSSR count). The number of nitrogens with two attached hydrogens (primary N) is 1. The van der Waals surface area contributed by atoms with Crippen LogP contribution in [0.1, 0.15) is 13.3 Å². The van der Waals surface area contributed by atoms with Crippen LogP contribution in [0.5, 0.6) is 0 Å². The molecule has 3 N–H and O–H groups in total. The Hall–Kier alpha value is -0.610. The van der Waals surface area contributed by atoms with Gasteiger partial charge in [-0.15, -0.1) is 0 Å². The van der Waals surface area contributed by atoms with Crippen molar-refractivity contribution in [1.29, 1.82) is 0 Å². The van der Waals surface area contributed by atoms with Gasteiger partial charge in [-0.3, -0.25) is 9.80 Å². The maximum absolute atomic E-state index is 10.6. The SMILES string of the molecule is CCC(=O)N(N)CCO. The second kappa shape index (κ2) is 4.29. The predicted molar refractivity (Wildman–Crippen MR) is 33.3 cm³/mol. The first-order valence-corrected chi connectivity index (χ1v) is 2.88. The minimum atomic E-state index is -0.149. The molecule has 0 atom stereocenters. The van der Waals surface area contributed by atoms with Gasteiger partial charge in [0.15, 0.2) is 0 Å². The van der Waals surface area contributed by atoms with Gasteiger partial charge < -0.3 is 5.11 Å². The first-order chi connectivity index (χ1) is 4.22. The van der Waals surface area contributed by atoms with Gasteiger partial charge in [-0.05, 0) is 0 Å². The van der Waals surface area contributed by atoms with E-state index in [9.17, 15) is 4.79 Å². The molecule has 4 nitrogen and oxygen atoms in total. The van der Waals surface area contributed by atoms with E-state index in [1.807, 2.05) is 0 Å². The highest BCUT2D eigenvalue weighted by Crippen LogP contribution is 1.83. The smallest absolute Gasteiger partial charge is 0.236 e. The Kier molecular flexibility index (Phi) is 4.00. The van der Waals surface area contributed by atoms with Gasteiger partial charge in [-0.2, -0.15) is 0 Å². The van der Waals surface area contributed by atoms with E-state index in [0.29, 0.717) is 6.42 Å². The lowest BCUT2D eigenvalue weighted by Gasteiger charge is -2.12. The summed E-state index contributed by atoms with van der Waals surface area (Å²) in [6, 6.07) is 0. The van der Waals surface area contributed by atoms with Gasteiger partial charge in [0.1, 0.15) is 0 Å². The number of carbonyl (C=O) groups excluding carboxylic acids is 1. The van der Waals surface area contributed by atoms with Crippen LogP contribution in [0.4, 0.5) is 0 Å². The third kappa shape index (κ3) is 3.05. The van der Waals surface area contributed by atoms with Gasteiger partial charge in [0, 0.05) is 6.42 Å². The Bertz CT molecular complexity index is 95.0. The molecule has 0 spiro atoms. The molecule has 0 heterocycles. The largest absolute Gasteiger partial charge is 0.394 e. The van der Waals surface area contributed by atoms with E-state index in [1.54, 1.807) is 6.92 Å². The molecule has 0 aromatic carbocycles. The Labute approximate surface area is 54.2 Å². The fourth-order valence-corrected chi connectivity index (χ4v) is 0.436. The fraction of sp³-hybridized carbons (Fsp3) is 0.800. The zero-order valence-corrected chi connectivity index (χ0v) is 5.50. The molecule has 0 aliphatic rings. The molecule has 54 valence electrons. The molecule has 1 amide bonds. The zero-order valence-electron chi connectivity index (χ0n) is 5.50. The van der Waals surface area contributed by atoms with E-state index in [4.69, 9.17) is 10.9 Å². The molecule has 0 aromatic heterocycles. The van der Waals surface area contributed by atoms with E-state index in [0.717, 1.165) is 5.01 Å². The summed E-state index contributed by atoms with van der Waals surface area (Å²) in [4.78, 5) is 10.6. The summed E-state index contributed by atoms with van der Waals surface area (Å²) in [5.41, 5.74) is 0. The molecule has 0 bridgehead atoms. The van der Waals surface area contributed by atoms with E-state index in [2.05, 4.69) is 0 Å². The molecule has 9 heavy (non-hydrogen) atoms.